The van der Waals surface area contributed by atoms with E-state index in [0.29, 0.717) is 44.0 Å². The maximum Gasteiger partial charge on any atom is 0.407 e. The van der Waals surface area contributed by atoms with Gasteiger partial charge in [0.25, 0.3) is 0 Å². The molecule has 1 aromatic heterocycles. The van der Waals surface area contributed by atoms with Gasteiger partial charge in [-0.15, -0.1) is 0 Å². The Balaban J connectivity index is 1.10. The average Bonchev–Trinajstić information content (AvgIpc) is 4.02. The van der Waals surface area contributed by atoms with Crippen molar-refractivity contribution in [3.8, 4) is 11.1 Å². The van der Waals surface area contributed by atoms with Crippen LogP contribution in [0.1, 0.15) is 76.6 Å². The van der Waals surface area contributed by atoms with Gasteiger partial charge in [0.2, 0.25) is 17.7 Å². The van der Waals surface area contributed by atoms with Crippen LogP contribution in [0.4, 0.5) is 32.5 Å². The topological polar surface area (TPSA) is 184 Å². The summed E-state index contributed by atoms with van der Waals surface area (Å²) in [6.45, 7) is 10.8. The lowest BCUT2D eigenvalue weighted by molar-refractivity contribution is -0.139. The predicted molar refractivity (Wildman–Crippen MR) is 253 cm³/mol. The van der Waals surface area contributed by atoms with Crippen molar-refractivity contribution in [3.05, 3.63) is 102 Å². The standard InChI is InChI=1S/C50H62N8O8/c1-31(2)44(54-49(62)64-5)47(60)53-38-18-11-35(12-19-38)41-23-22-40(58(41)39-20-13-33(14-21-39)36-15-24-43(51-30-36)56-26-28-66-29-27-56)34-9-16-37(17-10-34)52-46(59)42-8-7-25-57(42)48(61)45(32(3)4)55-50(63)65-6/h9-21,24,30-32,40-42,44-45H,7-8,22-23,25-29H2,1-6H3,(H,52,59)(H,53,60)(H,54,62)(H,55,63)/t40-,41-,42+,44+,45+/m1/s1. The molecular formula is C50H62N8O8. The number of nitrogens with one attached hydrogen (secondary N) is 4. The van der Waals surface area contributed by atoms with E-state index in [-0.39, 0.29) is 41.6 Å². The molecule has 7 rings (SSSR count). The van der Waals surface area contributed by atoms with E-state index in [4.69, 9.17) is 19.2 Å². The molecule has 5 amide bonds. The molecule has 350 valence electrons. The van der Waals surface area contributed by atoms with Crippen LogP contribution in [0.3, 0.4) is 0 Å². The summed E-state index contributed by atoms with van der Waals surface area (Å²) < 4.78 is 15.0. The van der Waals surface area contributed by atoms with Gasteiger partial charge >= 0.3 is 12.2 Å². The number of likely N-dealkylation sites (tertiary alicyclic amines) is 1. The summed E-state index contributed by atoms with van der Waals surface area (Å²) in [6, 6.07) is 26.2. The summed E-state index contributed by atoms with van der Waals surface area (Å²) >= 11 is 0. The van der Waals surface area contributed by atoms with E-state index in [1.54, 1.807) is 4.90 Å². The normalized spacial score (nSPS) is 19.3. The first kappa shape index (κ1) is 47.3. The summed E-state index contributed by atoms with van der Waals surface area (Å²) in [6.07, 6.45) is 3.46. The second-order valence-electron chi connectivity index (χ2n) is 17.7. The maximum atomic E-state index is 13.7. The average molecular weight is 903 g/mol. The fraction of sp³-hybridized carbons (Fsp3) is 0.440. The van der Waals surface area contributed by atoms with Crippen molar-refractivity contribution in [1.29, 1.82) is 0 Å². The number of nitrogens with zero attached hydrogens (tertiary/aromatic N) is 4. The number of methoxy groups -OCH3 is 2. The quantitative estimate of drug-likeness (QED) is 0.0997. The highest BCUT2D eigenvalue weighted by molar-refractivity contribution is 5.99. The third kappa shape index (κ3) is 11.0. The summed E-state index contributed by atoms with van der Waals surface area (Å²) in [5.41, 5.74) is 6.50. The Kier molecular flexibility index (Phi) is 15.4. The van der Waals surface area contributed by atoms with Gasteiger partial charge < -0.3 is 50.2 Å². The van der Waals surface area contributed by atoms with Gasteiger partial charge in [0.1, 0.15) is 23.9 Å². The second kappa shape index (κ2) is 21.5. The molecule has 4 N–H and O–H groups in total. The van der Waals surface area contributed by atoms with Crippen molar-refractivity contribution in [3.63, 3.8) is 0 Å². The molecule has 16 heteroatoms. The van der Waals surface area contributed by atoms with Crippen molar-refractivity contribution in [2.45, 2.75) is 83.6 Å². The van der Waals surface area contributed by atoms with Gasteiger partial charge in [-0.2, -0.15) is 0 Å². The number of rotatable bonds is 14. The summed E-state index contributed by atoms with van der Waals surface area (Å²) in [5.74, 6) is -0.346. The number of alkyl carbamates (subject to hydrolysis) is 2. The van der Waals surface area contributed by atoms with Crippen molar-refractivity contribution in [2.24, 2.45) is 11.8 Å². The van der Waals surface area contributed by atoms with Crippen molar-refractivity contribution >= 4 is 52.8 Å². The highest BCUT2D eigenvalue weighted by atomic mass is 16.5. The number of carbonyl (C=O) groups excluding carboxylic acids is 5. The Morgan fingerprint density at radius 3 is 1.73 bits per heavy atom. The van der Waals surface area contributed by atoms with Crippen LogP contribution < -0.4 is 31.1 Å². The smallest absolute Gasteiger partial charge is 0.407 e. The second-order valence-corrected chi connectivity index (χ2v) is 17.7. The minimum absolute atomic E-state index is 0.00178. The summed E-state index contributed by atoms with van der Waals surface area (Å²) in [5, 5.41) is 11.2. The molecule has 66 heavy (non-hydrogen) atoms. The molecule has 3 aliphatic rings. The molecule has 3 aliphatic heterocycles. The first-order chi connectivity index (χ1) is 31.8. The van der Waals surface area contributed by atoms with Crippen molar-refractivity contribution in [2.75, 3.05) is 67.5 Å². The molecule has 16 nitrogen and oxygen atoms in total. The van der Waals surface area contributed by atoms with Gasteiger partial charge in [-0.3, -0.25) is 14.4 Å². The highest BCUT2D eigenvalue weighted by Gasteiger charge is 2.39. The van der Waals surface area contributed by atoms with Gasteiger partial charge in [-0.25, -0.2) is 14.6 Å². The number of pyridine rings is 1. The fourth-order valence-electron chi connectivity index (χ4n) is 9.11. The molecule has 3 fully saturated rings. The Morgan fingerprint density at radius 2 is 1.20 bits per heavy atom. The largest absolute Gasteiger partial charge is 0.453 e. The molecule has 3 saturated heterocycles. The molecule has 5 atom stereocenters. The number of ether oxygens (including phenoxy) is 3. The van der Waals surface area contributed by atoms with Crippen LogP contribution in [0, 0.1) is 11.8 Å². The third-order valence-electron chi connectivity index (χ3n) is 12.7. The van der Waals surface area contributed by atoms with Crippen LogP contribution in [0.25, 0.3) is 11.1 Å². The molecule has 3 aromatic carbocycles. The van der Waals surface area contributed by atoms with Gasteiger partial charge in [0.15, 0.2) is 0 Å². The first-order valence-electron chi connectivity index (χ1n) is 22.8. The zero-order valence-electron chi connectivity index (χ0n) is 38.6. The van der Waals surface area contributed by atoms with Crippen molar-refractivity contribution < 1.29 is 38.2 Å². The number of aromatic nitrogens is 1. The van der Waals surface area contributed by atoms with E-state index in [1.165, 1.54) is 14.2 Å². The molecule has 0 bridgehead atoms. The molecule has 0 aliphatic carbocycles. The van der Waals surface area contributed by atoms with Gasteiger partial charge in [-0.1, -0.05) is 64.1 Å². The van der Waals surface area contributed by atoms with E-state index in [0.717, 1.165) is 59.7 Å². The molecule has 0 radical (unpaired) electrons. The lowest BCUT2D eigenvalue weighted by Gasteiger charge is -2.33. The van der Waals surface area contributed by atoms with Crippen LogP contribution in [0.5, 0.6) is 0 Å². The zero-order valence-corrected chi connectivity index (χ0v) is 38.6. The number of hydrogen-bond donors (Lipinski definition) is 4. The number of hydrogen-bond acceptors (Lipinski definition) is 11. The van der Waals surface area contributed by atoms with Crippen molar-refractivity contribution in [1.82, 2.24) is 20.5 Å². The number of amides is 5. The Bertz CT molecular complexity index is 2300. The van der Waals surface area contributed by atoms with E-state index in [1.807, 2.05) is 82.4 Å². The van der Waals surface area contributed by atoms with Crippen LogP contribution in [-0.2, 0) is 28.6 Å². The van der Waals surface area contributed by atoms with Crippen LogP contribution >= 0.6 is 0 Å². The molecular weight excluding hydrogens is 841 g/mol. The van der Waals surface area contributed by atoms with Gasteiger partial charge in [0.05, 0.1) is 39.5 Å². The van der Waals surface area contributed by atoms with E-state index >= 15 is 0 Å². The predicted octanol–water partition coefficient (Wildman–Crippen LogP) is 7.30. The lowest BCUT2D eigenvalue weighted by Crippen LogP contribution is -2.54. The first-order valence-corrected chi connectivity index (χ1v) is 22.8. The Labute approximate surface area is 386 Å². The Hall–Kier alpha value is -6.68. The van der Waals surface area contributed by atoms with E-state index in [9.17, 15) is 24.0 Å². The van der Waals surface area contributed by atoms with Gasteiger partial charge in [-0.05, 0) is 103 Å². The monoisotopic (exact) mass is 902 g/mol. The van der Waals surface area contributed by atoms with Crippen LogP contribution in [-0.4, -0.2) is 105 Å². The molecule has 0 spiro atoms. The minimum atomic E-state index is -0.818. The van der Waals surface area contributed by atoms with E-state index < -0.39 is 30.3 Å². The summed E-state index contributed by atoms with van der Waals surface area (Å²) in [7, 11) is 2.52. The molecule has 4 aromatic rings. The third-order valence-corrected chi connectivity index (χ3v) is 12.7. The minimum Gasteiger partial charge on any atom is -0.453 e. The van der Waals surface area contributed by atoms with Crippen LogP contribution in [0.2, 0.25) is 0 Å². The fourth-order valence-corrected chi connectivity index (χ4v) is 9.11. The number of morpholine rings is 1. The van der Waals surface area contributed by atoms with Gasteiger partial charge in [0, 0.05) is 48.5 Å². The number of carbonyl (C=O) groups is 5. The summed E-state index contributed by atoms with van der Waals surface area (Å²) in [4.78, 5) is 75.5. The van der Waals surface area contributed by atoms with E-state index in [2.05, 4.69) is 67.5 Å². The highest BCUT2D eigenvalue weighted by Crippen LogP contribution is 2.47. The zero-order chi connectivity index (χ0) is 46.9. The molecule has 0 unspecified atom stereocenters. The lowest BCUT2D eigenvalue weighted by atomic mass is 10.0. The number of anilines is 4. The SMILES string of the molecule is COC(=O)N[C@H](C(=O)Nc1ccc([C@H]2CC[C@H](c3ccc(NC(=O)[C@@H]4CCCN4C(=O)[C@@H](NC(=O)OC)C(C)C)cc3)N2c2ccc(-c3ccc(N4CCOCC4)nc3)cc2)cc1)C(C)C. The Morgan fingerprint density at radius 1 is 0.652 bits per heavy atom. The molecule has 4 heterocycles. The van der Waals surface area contributed by atoms with Crippen LogP contribution in [0.15, 0.2) is 91.1 Å². The maximum absolute atomic E-state index is 13.7. The molecule has 0 saturated carbocycles. The number of benzene rings is 3.